The molecular formula is C18H26FNO3. The Kier molecular flexibility index (Phi) is 6.54. The van der Waals surface area contributed by atoms with Crippen LogP contribution in [0.4, 0.5) is 4.39 Å². The number of amides is 1. The highest BCUT2D eigenvalue weighted by atomic mass is 19.1. The zero-order chi connectivity index (χ0) is 16.7. The summed E-state index contributed by atoms with van der Waals surface area (Å²) in [5.41, 5.74) is 0.720. The number of nitrogens with one attached hydrogen (secondary N) is 1. The first-order valence-corrected chi connectivity index (χ1v) is 8.29. The molecular weight excluding hydrogens is 297 g/mol. The Hall–Kier alpha value is -1.46. The smallest absolute Gasteiger partial charge is 0.220 e. The third-order valence-corrected chi connectivity index (χ3v) is 4.82. The second kappa shape index (κ2) is 8.41. The number of carbonyl (C=O) groups excluding carboxylic acids is 1. The van der Waals surface area contributed by atoms with Crippen molar-refractivity contribution < 1.29 is 19.0 Å². The Bertz CT molecular complexity index is 497. The number of benzene rings is 1. The van der Waals surface area contributed by atoms with Crippen molar-refractivity contribution in [3.05, 3.63) is 35.6 Å². The first kappa shape index (κ1) is 17.9. The van der Waals surface area contributed by atoms with Crippen molar-refractivity contribution in [2.75, 3.05) is 26.4 Å². The van der Waals surface area contributed by atoms with Crippen LogP contribution in [0.1, 0.15) is 44.1 Å². The van der Waals surface area contributed by atoms with Gasteiger partial charge in [0.25, 0.3) is 0 Å². The minimum Gasteiger partial charge on any atom is -0.396 e. The summed E-state index contributed by atoms with van der Waals surface area (Å²) in [6, 6.07) is 6.34. The molecule has 128 valence electrons. The molecule has 1 aromatic rings. The molecule has 0 bridgehead atoms. The zero-order valence-corrected chi connectivity index (χ0v) is 13.7. The molecule has 1 aliphatic heterocycles. The van der Waals surface area contributed by atoms with E-state index in [-0.39, 0.29) is 29.7 Å². The Morgan fingerprint density at radius 3 is 2.57 bits per heavy atom. The number of halogens is 1. The van der Waals surface area contributed by atoms with Gasteiger partial charge in [-0.2, -0.15) is 0 Å². The molecule has 1 unspecified atom stereocenters. The van der Waals surface area contributed by atoms with E-state index in [0.717, 1.165) is 24.8 Å². The van der Waals surface area contributed by atoms with Crippen LogP contribution >= 0.6 is 0 Å². The van der Waals surface area contributed by atoms with Gasteiger partial charge in [0.1, 0.15) is 5.82 Å². The molecule has 1 amide bonds. The van der Waals surface area contributed by atoms with Crippen molar-refractivity contribution in [1.29, 1.82) is 0 Å². The number of rotatable bonds is 7. The molecule has 5 heteroatoms. The minimum absolute atomic E-state index is 0.0273. The lowest BCUT2D eigenvalue weighted by Gasteiger charge is -2.35. The van der Waals surface area contributed by atoms with Crippen LogP contribution in [0.3, 0.4) is 0 Å². The van der Waals surface area contributed by atoms with E-state index < -0.39 is 0 Å². The number of aliphatic hydroxyl groups is 1. The van der Waals surface area contributed by atoms with Gasteiger partial charge in [-0.15, -0.1) is 0 Å². The van der Waals surface area contributed by atoms with Gasteiger partial charge in [0.2, 0.25) is 5.91 Å². The van der Waals surface area contributed by atoms with E-state index in [0.29, 0.717) is 26.2 Å². The average Bonchev–Trinajstić information content (AvgIpc) is 2.59. The van der Waals surface area contributed by atoms with Gasteiger partial charge in [0.15, 0.2) is 0 Å². The third kappa shape index (κ3) is 5.01. The summed E-state index contributed by atoms with van der Waals surface area (Å²) in [5, 5.41) is 12.6. The van der Waals surface area contributed by atoms with E-state index in [4.69, 9.17) is 4.74 Å². The van der Waals surface area contributed by atoms with Crippen LogP contribution in [0.5, 0.6) is 0 Å². The molecule has 0 saturated carbocycles. The lowest BCUT2D eigenvalue weighted by molar-refractivity contribution is -0.122. The summed E-state index contributed by atoms with van der Waals surface area (Å²) in [6.45, 7) is 3.82. The average molecular weight is 323 g/mol. The van der Waals surface area contributed by atoms with Crippen LogP contribution in [0, 0.1) is 11.2 Å². The number of ether oxygens (including phenoxy) is 1. The fourth-order valence-corrected chi connectivity index (χ4v) is 3.01. The van der Waals surface area contributed by atoms with E-state index in [1.54, 1.807) is 12.1 Å². The van der Waals surface area contributed by atoms with Crippen LogP contribution in [0.15, 0.2) is 24.3 Å². The maximum Gasteiger partial charge on any atom is 0.220 e. The van der Waals surface area contributed by atoms with E-state index in [1.165, 1.54) is 12.1 Å². The molecule has 1 heterocycles. The fraction of sp³-hybridized carbons (Fsp3) is 0.611. The van der Waals surface area contributed by atoms with Gasteiger partial charge < -0.3 is 15.2 Å². The van der Waals surface area contributed by atoms with Crippen LogP contribution in [0.25, 0.3) is 0 Å². The molecule has 0 aliphatic carbocycles. The normalized spacial score (nSPS) is 18.4. The fourth-order valence-electron chi connectivity index (χ4n) is 3.01. The molecule has 2 rings (SSSR count). The van der Waals surface area contributed by atoms with E-state index in [2.05, 4.69) is 5.32 Å². The van der Waals surface area contributed by atoms with E-state index in [9.17, 15) is 14.3 Å². The molecule has 1 fully saturated rings. The molecule has 1 aliphatic rings. The second-order valence-electron chi connectivity index (χ2n) is 6.41. The Labute approximate surface area is 137 Å². The van der Waals surface area contributed by atoms with Gasteiger partial charge in [-0.25, -0.2) is 4.39 Å². The van der Waals surface area contributed by atoms with Gasteiger partial charge in [0.05, 0.1) is 6.61 Å². The first-order valence-electron chi connectivity index (χ1n) is 8.29. The van der Waals surface area contributed by atoms with Crippen molar-refractivity contribution in [3.8, 4) is 0 Å². The predicted molar refractivity (Wildman–Crippen MR) is 86.6 cm³/mol. The molecule has 1 aromatic carbocycles. The monoisotopic (exact) mass is 323 g/mol. The molecule has 0 spiro atoms. The number of hydrogen-bond donors (Lipinski definition) is 2. The summed E-state index contributed by atoms with van der Waals surface area (Å²) in [5.74, 6) is -0.215. The maximum absolute atomic E-state index is 13.0. The van der Waals surface area contributed by atoms with Crippen LogP contribution in [-0.4, -0.2) is 37.4 Å². The molecule has 1 saturated heterocycles. The topological polar surface area (TPSA) is 58.6 Å². The summed E-state index contributed by atoms with van der Waals surface area (Å²) < 4.78 is 18.3. The van der Waals surface area contributed by atoms with Crippen molar-refractivity contribution in [3.63, 3.8) is 0 Å². The van der Waals surface area contributed by atoms with Crippen molar-refractivity contribution in [2.24, 2.45) is 5.41 Å². The van der Waals surface area contributed by atoms with Crippen LogP contribution in [-0.2, 0) is 9.53 Å². The van der Waals surface area contributed by atoms with Gasteiger partial charge in [-0.3, -0.25) is 4.79 Å². The van der Waals surface area contributed by atoms with Gasteiger partial charge >= 0.3 is 0 Å². The lowest BCUT2D eigenvalue weighted by Crippen LogP contribution is -2.43. The van der Waals surface area contributed by atoms with Crippen molar-refractivity contribution in [1.82, 2.24) is 5.32 Å². The highest BCUT2D eigenvalue weighted by molar-refractivity contribution is 5.76. The Morgan fingerprint density at radius 2 is 2.00 bits per heavy atom. The SMILES string of the molecule is CCC(CC(=O)NCC1(CO)CCOCC1)c1ccc(F)cc1. The zero-order valence-electron chi connectivity index (χ0n) is 13.7. The van der Waals surface area contributed by atoms with E-state index in [1.807, 2.05) is 6.92 Å². The molecule has 0 radical (unpaired) electrons. The lowest BCUT2D eigenvalue weighted by atomic mass is 9.81. The van der Waals surface area contributed by atoms with Gasteiger partial charge in [0, 0.05) is 31.6 Å². The molecule has 2 N–H and O–H groups in total. The molecule has 1 atom stereocenters. The third-order valence-electron chi connectivity index (χ3n) is 4.82. The number of carbonyl (C=O) groups is 1. The molecule has 0 aromatic heterocycles. The van der Waals surface area contributed by atoms with Gasteiger partial charge in [-0.05, 0) is 42.9 Å². The van der Waals surface area contributed by atoms with Gasteiger partial charge in [-0.1, -0.05) is 19.1 Å². The summed E-state index contributed by atoms with van der Waals surface area (Å²) in [4.78, 5) is 12.3. The minimum atomic E-state index is -0.266. The highest BCUT2D eigenvalue weighted by Gasteiger charge is 2.32. The van der Waals surface area contributed by atoms with Crippen LogP contribution in [0.2, 0.25) is 0 Å². The highest BCUT2D eigenvalue weighted by Crippen LogP contribution is 2.29. The standard InChI is InChI=1S/C18H26FNO3/c1-2-14(15-3-5-16(19)6-4-15)11-17(22)20-12-18(13-21)7-9-23-10-8-18/h3-6,14,21H,2,7-13H2,1H3,(H,20,22). The molecule has 4 nitrogen and oxygen atoms in total. The predicted octanol–water partition coefficient (Wildman–Crippen LogP) is 2.61. The Balaban J connectivity index is 1.88. The number of hydrogen-bond acceptors (Lipinski definition) is 3. The summed E-state index contributed by atoms with van der Waals surface area (Å²) in [6.07, 6.45) is 2.72. The second-order valence-corrected chi connectivity index (χ2v) is 6.41. The largest absolute Gasteiger partial charge is 0.396 e. The maximum atomic E-state index is 13.0. The summed E-state index contributed by atoms with van der Waals surface area (Å²) >= 11 is 0. The van der Waals surface area contributed by atoms with Crippen molar-refractivity contribution in [2.45, 2.75) is 38.5 Å². The van der Waals surface area contributed by atoms with Crippen molar-refractivity contribution >= 4 is 5.91 Å². The Morgan fingerprint density at radius 1 is 1.35 bits per heavy atom. The summed E-state index contributed by atoms with van der Waals surface area (Å²) in [7, 11) is 0. The van der Waals surface area contributed by atoms with Crippen LogP contribution < -0.4 is 5.32 Å². The quantitative estimate of drug-likeness (QED) is 0.811. The number of aliphatic hydroxyl groups excluding tert-OH is 1. The molecule has 23 heavy (non-hydrogen) atoms. The first-order chi connectivity index (χ1) is 11.1. The van der Waals surface area contributed by atoms with E-state index >= 15 is 0 Å².